The van der Waals surface area contributed by atoms with Crippen LogP contribution in [0.4, 0.5) is 0 Å². The van der Waals surface area contributed by atoms with Crippen molar-refractivity contribution in [1.29, 1.82) is 0 Å². The quantitative estimate of drug-likeness (QED) is 0.831. The third-order valence-corrected chi connectivity index (χ3v) is 3.61. The van der Waals surface area contributed by atoms with Crippen LogP contribution in [0.25, 0.3) is 10.9 Å². The zero-order valence-corrected chi connectivity index (χ0v) is 13.7. The molecule has 0 spiro atoms. The molecule has 1 aromatic heterocycles. The number of aromatic carboxylic acids is 1. The number of hydrogen-bond donors (Lipinski definition) is 1. The molecule has 21 heavy (non-hydrogen) atoms. The number of fused-ring (bicyclic) bond motifs is 1. The van der Waals surface area contributed by atoms with E-state index < -0.39 is 5.97 Å². The molecule has 1 N–H and O–H groups in total. The predicted molar refractivity (Wildman–Crippen MR) is 82.2 cm³/mol. The molecule has 114 valence electrons. The van der Waals surface area contributed by atoms with Crippen molar-refractivity contribution in [1.82, 2.24) is 4.57 Å². The van der Waals surface area contributed by atoms with Crippen LogP contribution in [0.15, 0.2) is 12.1 Å². The van der Waals surface area contributed by atoms with Gasteiger partial charge in [-0.3, -0.25) is 0 Å². The van der Waals surface area contributed by atoms with Crippen molar-refractivity contribution in [3.63, 3.8) is 0 Å². The number of carboxylic acid groups (broad SMARTS) is 1. The molecule has 0 bridgehead atoms. The van der Waals surface area contributed by atoms with E-state index >= 15 is 0 Å². The molecular weight excluding hydrogens is 342 g/mol. The minimum absolute atomic E-state index is 0.156. The third kappa shape index (κ3) is 2.42. The summed E-state index contributed by atoms with van der Waals surface area (Å²) in [5.41, 5.74) is 0.792. The lowest BCUT2D eigenvalue weighted by atomic mass is 10.2. The van der Waals surface area contributed by atoms with Gasteiger partial charge in [0, 0.05) is 5.39 Å². The molecule has 0 aliphatic rings. The maximum Gasteiger partial charge on any atom is 0.352 e. The number of aromatic nitrogens is 1. The van der Waals surface area contributed by atoms with Crippen LogP contribution in [-0.2, 0) is 0 Å². The van der Waals surface area contributed by atoms with Gasteiger partial charge >= 0.3 is 5.97 Å². The topological polar surface area (TPSA) is 69.9 Å². The molecular formula is C14H16BrNO5. The summed E-state index contributed by atoms with van der Waals surface area (Å²) in [4.78, 5) is 11.2. The van der Waals surface area contributed by atoms with E-state index in [4.69, 9.17) is 14.2 Å². The first-order chi connectivity index (χ1) is 9.96. The van der Waals surface area contributed by atoms with Gasteiger partial charge in [0.2, 0.25) is 5.75 Å². The molecule has 1 unspecified atom stereocenters. The summed E-state index contributed by atoms with van der Waals surface area (Å²) < 4.78 is 17.7. The Hall–Kier alpha value is -1.89. The summed E-state index contributed by atoms with van der Waals surface area (Å²) in [7, 11) is 4.54. The highest BCUT2D eigenvalue weighted by Crippen LogP contribution is 2.45. The second kappa shape index (κ2) is 5.85. The van der Waals surface area contributed by atoms with E-state index in [1.165, 1.54) is 21.3 Å². The van der Waals surface area contributed by atoms with Crippen molar-refractivity contribution < 1.29 is 24.1 Å². The monoisotopic (exact) mass is 357 g/mol. The number of carboxylic acids is 1. The molecule has 0 saturated carbocycles. The molecule has 6 nitrogen and oxygen atoms in total. The minimum atomic E-state index is -1.02. The Balaban J connectivity index is 2.97. The van der Waals surface area contributed by atoms with E-state index in [9.17, 15) is 9.90 Å². The van der Waals surface area contributed by atoms with E-state index in [0.29, 0.717) is 28.2 Å². The Kier molecular flexibility index (Phi) is 4.32. The van der Waals surface area contributed by atoms with Gasteiger partial charge in [0.25, 0.3) is 0 Å². The number of hydrogen-bond acceptors (Lipinski definition) is 4. The van der Waals surface area contributed by atoms with Gasteiger partial charge in [0.05, 0.1) is 31.8 Å². The second-order valence-electron chi connectivity index (χ2n) is 4.36. The van der Waals surface area contributed by atoms with E-state index in [1.54, 1.807) is 16.7 Å². The summed E-state index contributed by atoms with van der Waals surface area (Å²) in [5.74, 6) is 0.332. The van der Waals surface area contributed by atoms with Crippen LogP contribution >= 0.6 is 15.9 Å². The average molecular weight is 358 g/mol. The van der Waals surface area contributed by atoms with Gasteiger partial charge in [0.1, 0.15) is 5.69 Å². The van der Waals surface area contributed by atoms with Crippen molar-refractivity contribution in [3.8, 4) is 17.2 Å². The SMILES string of the molecule is COc1cc2cc(C(=O)O)n(C(C)Br)c2c(OC)c1OC. The Morgan fingerprint density at radius 3 is 2.24 bits per heavy atom. The van der Waals surface area contributed by atoms with Crippen LogP contribution in [0.2, 0.25) is 0 Å². The maximum absolute atomic E-state index is 11.5. The maximum atomic E-state index is 11.5. The van der Waals surface area contributed by atoms with Gasteiger partial charge in [-0.25, -0.2) is 4.79 Å². The molecule has 1 heterocycles. The van der Waals surface area contributed by atoms with Crippen LogP contribution in [-0.4, -0.2) is 37.0 Å². The Labute approximate surface area is 130 Å². The van der Waals surface area contributed by atoms with Crippen molar-refractivity contribution in [2.75, 3.05) is 21.3 Å². The number of rotatable bonds is 5. The van der Waals surface area contributed by atoms with Gasteiger partial charge in [0.15, 0.2) is 11.5 Å². The second-order valence-corrected chi connectivity index (χ2v) is 5.69. The van der Waals surface area contributed by atoms with Gasteiger partial charge in [-0.15, -0.1) is 0 Å². The van der Waals surface area contributed by atoms with Crippen LogP contribution in [0, 0.1) is 0 Å². The van der Waals surface area contributed by atoms with E-state index in [0.717, 1.165) is 0 Å². The molecule has 0 saturated heterocycles. The number of benzene rings is 1. The summed E-state index contributed by atoms with van der Waals surface area (Å²) in [6.45, 7) is 1.84. The zero-order valence-electron chi connectivity index (χ0n) is 12.1. The summed E-state index contributed by atoms with van der Waals surface area (Å²) in [5, 5.41) is 10.1. The first kappa shape index (κ1) is 15.5. The lowest BCUT2D eigenvalue weighted by molar-refractivity contribution is 0.0685. The van der Waals surface area contributed by atoms with Crippen LogP contribution in [0.1, 0.15) is 22.4 Å². The van der Waals surface area contributed by atoms with E-state index in [2.05, 4.69) is 15.9 Å². The lowest BCUT2D eigenvalue weighted by Crippen LogP contribution is -2.09. The summed E-state index contributed by atoms with van der Waals surface area (Å²) in [6.07, 6.45) is 0. The fourth-order valence-electron chi connectivity index (χ4n) is 2.39. The molecule has 0 aliphatic heterocycles. The number of nitrogens with zero attached hydrogens (tertiary/aromatic N) is 1. The van der Waals surface area contributed by atoms with Crippen molar-refractivity contribution in [3.05, 3.63) is 17.8 Å². The first-order valence-electron chi connectivity index (χ1n) is 6.17. The summed E-state index contributed by atoms with van der Waals surface area (Å²) >= 11 is 3.42. The smallest absolute Gasteiger partial charge is 0.352 e. The van der Waals surface area contributed by atoms with E-state index in [-0.39, 0.29) is 10.6 Å². The van der Waals surface area contributed by atoms with Crippen molar-refractivity contribution >= 4 is 32.8 Å². The van der Waals surface area contributed by atoms with Crippen molar-refractivity contribution in [2.45, 2.75) is 11.9 Å². The Morgan fingerprint density at radius 2 is 1.81 bits per heavy atom. The molecule has 0 radical (unpaired) electrons. The highest BCUT2D eigenvalue weighted by Gasteiger charge is 2.25. The fourth-order valence-corrected chi connectivity index (χ4v) is 2.82. The van der Waals surface area contributed by atoms with Gasteiger partial charge in [-0.2, -0.15) is 0 Å². The molecule has 2 aromatic rings. The molecule has 2 rings (SSSR count). The lowest BCUT2D eigenvalue weighted by Gasteiger charge is -2.17. The minimum Gasteiger partial charge on any atom is -0.493 e. The zero-order chi connectivity index (χ0) is 15.7. The highest BCUT2D eigenvalue weighted by molar-refractivity contribution is 9.09. The predicted octanol–water partition coefficient (Wildman–Crippen LogP) is 3.28. The highest BCUT2D eigenvalue weighted by atomic mass is 79.9. The Bertz CT molecular complexity index is 692. The first-order valence-corrected chi connectivity index (χ1v) is 7.09. The van der Waals surface area contributed by atoms with Crippen molar-refractivity contribution in [2.24, 2.45) is 0 Å². The molecule has 0 fully saturated rings. The standard InChI is InChI=1S/C14H16BrNO5/c1-7(15)16-9(14(17)18)5-8-6-10(19-2)12(20-3)13(21-4)11(8)16/h5-7H,1-4H3,(H,17,18). The number of ether oxygens (including phenoxy) is 3. The third-order valence-electron chi connectivity index (χ3n) is 3.20. The number of alkyl halides is 1. The van der Waals surface area contributed by atoms with Gasteiger partial charge in [-0.1, -0.05) is 15.9 Å². The van der Waals surface area contributed by atoms with Gasteiger partial charge in [-0.05, 0) is 19.1 Å². The molecule has 0 amide bonds. The van der Waals surface area contributed by atoms with Crippen LogP contribution < -0.4 is 14.2 Å². The van der Waals surface area contributed by atoms with Crippen LogP contribution in [0.3, 0.4) is 0 Å². The Morgan fingerprint density at radius 1 is 1.19 bits per heavy atom. The number of carbonyl (C=O) groups is 1. The normalized spacial score (nSPS) is 12.2. The largest absolute Gasteiger partial charge is 0.493 e. The van der Waals surface area contributed by atoms with Crippen LogP contribution in [0.5, 0.6) is 17.2 Å². The molecule has 0 aliphatic carbocycles. The van der Waals surface area contributed by atoms with Gasteiger partial charge < -0.3 is 23.9 Å². The van der Waals surface area contributed by atoms with E-state index in [1.807, 2.05) is 6.92 Å². The summed E-state index contributed by atoms with van der Waals surface area (Å²) in [6, 6.07) is 3.31. The average Bonchev–Trinajstić information content (AvgIpc) is 2.84. The number of methoxy groups -OCH3 is 3. The fraction of sp³-hybridized carbons (Fsp3) is 0.357. The molecule has 1 atom stereocenters. The molecule has 1 aromatic carbocycles. The number of halogens is 1. The molecule has 7 heteroatoms.